The van der Waals surface area contributed by atoms with Crippen LogP contribution in [0, 0.1) is 17.8 Å². The normalized spacial score (nSPS) is 17.7. The minimum Gasteiger partial charge on any atom is -0.455 e. The molecule has 2 saturated heterocycles. The van der Waals surface area contributed by atoms with E-state index in [0.29, 0.717) is 62.6 Å². The van der Waals surface area contributed by atoms with Gasteiger partial charge in [0.2, 0.25) is 35.4 Å². The quantitative estimate of drug-likeness (QED) is 0.0349. The van der Waals surface area contributed by atoms with Crippen molar-refractivity contribution in [2.75, 3.05) is 58.3 Å². The summed E-state index contributed by atoms with van der Waals surface area (Å²) in [6.07, 6.45) is 3.75. The first-order valence-corrected chi connectivity index (χ1v) is 29.9. The number of piperidine rings is 1. The lowest BCUT2D eigenvalue weighted by molar-refractivity contribution is -0.149. The molecule has 0 aliphatic carbocycles. The van der Waals surface area contributed by atoms with Gasteiger partial charge in [0, 0.05) is 81.5 Å². The maximum atomic E-state index is 14.5. The molecule has 18 nitrogen and oxygen atoms in total. The number of hydrogen-bond acceptors (Lipinski definition) is 14. The second kappa shape index (κ2) is 31.3. The van der Waals surface area contributed by atoms with Gasteiger partial charge < -0.3 is 40.7 Å². The zero-order chi connectivity index (χ0) is 57.1. The number of thiol groups is 1. The van der Waals surface area contributed by atoms with Gasteiger partial charge in [0.1, 0.15) is 34.9 Å². The Morgan fingerprint density at radius 2 is 1.46 bits per heavy atom. The lowest BCUT2D eigenvalue weighted by Crippen LogP contribution is -2.60. The van der Waals surface area contributed by atoms with Gasteiger partial charge in [-0.15, -0.1) is 23.1 Å². The molecule has 0 saturated carbocycles. The van der Waals surface area contributed by atoms with Crippen molar-refractivity contribution in [3.8, 4) is 0 Å². The van der Waals surface area contributed by atoms with Crippen molar-refractivity contribution in [1.29, 1.82) is 0 Å². The van der Waals surface area contributed by atoms with Gasteiger partial charge in [-0.3, -0.25) is 43.3 Å². The summed E-state index contributed by atoms with van der Waals surface area (Å²) in [6.45, 7) is 14.8. The van der Waals surface area contributed by atoms with Gasteiger partial charge in [-0.25, -0.2) is 4.98 Å². The number of thiazole rings is 1. The Balaban J connectivity index is 1.33. The van der Waals surface area contributed by atoms with Gasteiger partial charge in [-0.2, -0.15) is 12.6 Å². The molecule has 7 amide bonds. The van der Waals surface area contributed by atoms with Gasteiger partial charge >= 0.3 is 5.97 Å². The molecule has 1 unspecified atom stereocenters. The topological polar surface area (TPSA) is 220 Å². The first-order valence-electron chi connectivity index (χ1n) is 27.4. The van der Waals surface area contributed by atoms with Crippen LogP contribution in [0.3, 0.4) is 0 Å². The third-order valence-corrected chi connectivity index (χ3v) is 17.0. The fraction of sp³-hybridized carbons (Fsp3) is 0.596. The van der Waals surface area contributed by atoms with Crippen molar-refractivity contribution in [2.45, 2.75) is 147 Å². The first-order chi connectivity index (χ1) is 37.2. The van der Waals surface area contributed by atoms with E-state index in [1.54, 1.807) is 35.6 Å². The molecule has 3 aromatic rings. The van der Waals surface area contributed by atoms with Crippen molar-refractivity contribution >= 4 is 83.0 Å². The predicted octanol–water partition coefficient (Wildman–Crippen LogP) is 5.78. The Hall–Kier alpha value is -5.51. The number of hydrogen-bond donors (Lipinski definition) is 5. The van der Waals surface area contributed by atoms with E-state index in [0.717, 1.165) is 41.2 Å². The van der Waals surface area contributed by atoms with E-state index in [1.807, 2.05) is 100 Å². The Labute approximate surface area is 475 Å². The number of likely N-dealkylation sites (N-methyl/N-ethyl adjacent to an activating group) is 2. The third kappa shape index (κ3) is 18.5. The van der Waals surface area contributed by atoms with E-state index in [9.17, 15) is 38.4 Å². The van der Waals surface area contributed by atoms with Crippen LogP contribution in [-0.2, 0) is 44.7 Å². The monoisotopic (exact) mass is 1130 g/mol. The van der Waals surface area contributed by atoms with Crippen LogP contribution in [0.5, 0.6) is 0 Å². The summed E-state index contributed by atoms with van der Waals surface area (Å²) in [5.41, 5.74) is 0.792. The highest BCUT2D eigenvalue weighted by Crippen LogP contribution is 2.31. The van der Waals surface area contributed by atoms with Crippen LogP contribution < -0.4 is 21.3 Å². The predicted molar refractivity (Wildman–Crippen MR) is 308 cm³/mol. The summed E-state index contributed by atoms with van der Waals surface area (Å²) in [4.78, 5) is 123. The highest BCUT2D eigenvalue weighted by Gasteiger charge is 2.39. The largest absolute Gasteiger partial charge is 0.455 e. The molecule has 8 atom stereocenters. The maximum absolute atomic E-state index is 14.5. The Morgan fingerprint density at radius 3 is 2.06 bits per heavy atom. The van der Waals surface area contributed by atoms with E-state index >= 15 is 0 Å². The zero-order valence-electron chi connectivity index (χ0n) is 46.9. The average molecular weight is 1130 g/mol. The van der Waals surface area contributed by atoms with Crippen LogP contribution in [0.15, 0.2) is 70.9 Å². The van der Waals surface area contributed by atoms with Crippen LogP contribution >= 0.6 is 35.7 Å². The molecule has 2 aliphatic heterocycles. The van der Waals surface area contributed by atoms with Gasteiger partial charge in [-0.1, -0.05) is 103 Å². The molecule has 2 fully saturated rings. The van der Waals surface area contributed by atoms with E-state index in [-0.39, 0.29) is 65.8 Å². The molecular formula is C57H83N9O9S3. The van der Waals surface area contributed by atoms with E-state index in [1.165, 1.54) is 24.1 Å². The summed E-state index contributed by atoms with van der Waals surface area (Å²) >= 11 is 6.66. The second-order valence-corrected chi connectivity index (χ2v) is 23.6. The summed E-state index contributed by atoms with van der Waals surface area (Å²) < 4.78 is 5.87. The molecule has 0 bridgehead atoms. The van der Waals surface area contributed by atoms with Crippen molar-refractivity contribution in [1.82, 2.24) is 45.9 Å². The molecule has 4 N–H and O–H groups in total. The second-order valence-electron chi connectivity index (χ2n) is 21.2. The van der Waals surface area contributed by atoms with E-state index in [2.05, 4.69) is 38.9 Å². The van der Waals surface area contributed by atoms with Gasteiger partial charge in [-0.05, 0) is 74.1 Å². The molecule has 21 heteroatoms. The summed E-state index contributed by atoms with van der Waals surface area (Å²) in [6, 6.07) is 13.8. The fourth-order valence-electron chi connectivity index (χ4n) is 9.75. The van der Waals surface area contributed by atoms with Crippen molar-refractivity contribution in [3.05, 3.63) is 82.3 Å². The lowest BCUT2D eigenvalue weighted by atomic mass is 9.92. The molecule has 5 rings (SSSR count). The van der Waals surface area contributed by atoms with E-state index in [4.69, 9.17) is 4.74 Å². The van der Waals surface area contributed by atoms with Crippen LogP contribution in [-0.4, -0.2) is 166 Å². The van der Waals surface area contributed by atoms with Crippen molar-refractivity contribution < 1.29 is 43.1 Å². The highest BCUT2D eigenvalue weighted by molar-refractivity contribution is 7.99. The first kappa shape index (κ1) is 63.3. The number of esters is 1. The van der Waals surface area contributed by atoms with Crippen LogP contribution in [0.2, 0.25) is 0 Å². The molecule has 0 radical (unpaired) electrons. The Bertz CT molecular complexity index is 2460. The number of likely N-dealkylation sites (tertiary alicyclic amines) is 1. The number of amides is 7. The number of carbonyl (C=O) groups is 8. The van der Waals surface area contributed by atoms with Gasteiger partial charge in [0.15, 0.2) is 6.10 Å². The number of rotatable bonds is 27. The molecule has 3 heterocycles. The number of nitrogens with zero attached hydrogens (tertiary/aromatic N) is 5. The SMILES string of the molecule is CC[C@H](C)[C@H](NC(=O)C1CCCCN1C)C(=O)N(C)[C@H](C[C@@H](OC(C)=O)c1nc(C(=O)N[C@@H](CSc2ccccc2)C(=O)N[C@H](C(=O)N[C@@H](Cc2ccccc2)C(=O)N2CCN(C(=O)CCCS)CC2)C(C)C)cs1)C(C)C. The highest BCUT2D eigenvalue weighted by atomic mass is 32.2. The van der Waals surface area contributed by atoms with Gasteiger partial charge in [0.25, 0.3) is 5.91 Å². The van der Waals surface area contributed by atoms with Crippen molar-refractivity contribution in [2.24, 2.45) is 17.8 Å². The molecule has 2 aliphatic rings. The number of thioether (sulfide) groups is 1. The van der Waals surface area contributed by atoms with Crippen LogP contribution in [0.1, 0.15) is 121 Å². The van der Waals surface area contributed by atoms with Gasteiger partial charge in [0.05, 0.1) is 6.04 Å². The Morgan fingerprint density at radius 1 is 0.808 bits per heavy atom. The maximum Gasteiger partial charge on any atom is 0.303 e. The number of nitrogens with one attached hydrogen (secondary N) is 4. The fourth-order valence-corrected chi connectivity index (χ4v) is 11.7. The Kier molecular flexibility index (Phi) is 25.4. The molecule has 78 heavy (non-hydrogen) atoms. The molecule has 0 spiro atoms. The summed E-state index contributed by atoms with van der Waals surface area (Å²) in [5, 5.41) is 13.6. The van der Waals surface area contributed by atoms with Crippen LogP contribution in [0.25, 0.3) is 0 Å². The minimum absolute atomic E-state index is 0.0179. The number of carbonyl (C=O) groups excluding carboxylic acids is 8. The number of piperazine rings is 1. The lowest BCUT2D eigenvalue weighted by Gasteiger charge is -2.38. The number of benzene rings is 2. The zero-order valence-corrected chi connectivity index (χ0v) is 49.4. The molecule has 2 aromatic carbocycles. The smallest absolute Gasteiger partial charge is 0.303 e. The number of aromatic nitrogens is 1. The molecular weight excluding hydrogens is 1050 g/mol. The summed E-state index contributed by atoms with van der Waals surface area (Å²) in [5.74, 6) is -3.25. The molecule has 428 valence electrons. The van der Waals surface area contributed by atoms with Crippen LogP contribution in [0.4, 0.5) is 0 Å². The molecule has 1 aromatic heterocycles. The van der Waals surface area contributed by atoms with Crippen molar-refractivity contribution in [3.63, 3.8) is 0 Å². The third-order valence-electron chi connectivity index (χ3n) is 14.7. The minimum atomic E-state index is -1.18. The number of ether oxygens (including phenoxy) is 1. The standard InChI is InChI=1S/C57H83N9O9S3/c1-10-38(6)50(62-53(71)45-24-17-18-26-63(45)8)57(74)64(9)46(36(2)3)33-47(75-39(7)67)55-60-44(35-78-55)51(69)59-43(34-77-41-22-15-12-16-23-41)52(70)61-49(37(4)5)54(72)58-42(32-40-20-13-11-14-21-40)56(73)66-29-27-65(28-30-66)48(68)25-19-31-76/h11-16,20-23,35-38,42-43,45-47,49-50,76H,10,17-19,24-34H2,1-9H3,(H,58,72)(H,59,69)(H,61,70)(H,62,71)/t38-,42-,43-,45?,46+,47+,49-,50-/m0/s1. The summed E-state index contributed by atoms with van der Waals surface area (Å²) in [7, 11) is 3.63. The van der Waals surface area contributed by atoms with E-state index < -0.39 is 65.9 Å². The average Bonchev–Trinajstić information content (AvgIpc) is 3.93.